The lowest BCUT2D eigenvalue weighted by Crippen LogP contribution is -2.39. The van der Waals surface area contributed by atoms with Crippen LogP contribution in [-0.4, -0.2) is 45.5 Å². The number of hydrogen-bond acceptors (Lipinski definition) is 8. The standard InChI is InChI=1S/C25H23N7O3/c1-13-4-5-19-17(10-13)15(3)23(35-19)22-20-21(18(12-33)28-29-24(20)27)30-32(22)16-6-8-31(9-7-16)25(34)14(2)11-26/h4-5,10,16,28H,2,6-9H2,1,3H3,(H2,27,29). The number of furan rings is 1. The van der Waals surface area contributed by atoms with Crippen molar-refractivity contribution >= 4 is 34.4 Å². The Morgan fingerprint density at radius 1 is 1.31 bits per heavy atom. The van der Waals surface area contributed by atoms with E-state index in [1.165, 1.54) is 0 Å². The molecule has 1 fully saturated rings. The van der Waals surface area contributed by atoms with E-state index in [4.69, 9.17) is 20.5 Å². The summed E-state index contributed by atoms with van der Waals surface area (Å²) in [7, 11) is 0. The van der Waals surface area contributed by atoms with E-state index in [-0.39, 0.29) is 29.1 Å². The van der Waals surface area contributed by atoms with E-state index in [0.29, 0.717) is 48.6 Å². The highest BCUT2D eigenvalue weighted by molar-refractivity contribution is 6.10. The molecular formula is C25H23N7O3. The molecule has 0 aliphatic carbocycles. The van der Waals surface area contributed by atoms with Gasteiger partial charge in [-0.15, -0.1) is 0 Å². The van der Waals surface area contributed by atoms with Crippen molar-refractivity contribution in [1.29, 1.82) is 5.26 Å². The Kier molecular flexibility index (Phi) is 5.27. The zero-order valence-electron chi connectivity index (χ0n) is 19.4. The summed E-state index contributed by atoms with van der Waals surface area (Å²) in [4.78, 5) is 25.6. The maximum Gasteiger partial charge on any atom is 0.263 e. The van der Waals surface area contributed by atoms with Crippen LogP contribution in [0.2, 0.25) is 0 Å². The molecule has 10 nitrogen and oxygen atoms in total. The van der Waals surface area contributed by atoms with Crippen molar-refractivity contribution in [2.75, 3.05) is 13.1 Å². The monoisotopic (exact) mass is 469 g/mol. The maximum atomic E-state index is 12.4. The van der Waals surface area contributed by atoms with E-state index in [1.54, 1.807) is 4.90 Å². The summed E-state index contributed by atoms with van der Waals surface area (Å²) in [6.45, 7) is 8.40. The Labute approximate surface area is 201 Å². The smallest absolute Gasteiger partial charge is 0.263 e. The molecule has 0 atom stereocenters. The number of likely N-dealkylation sites (tertiary alicyclic amines) is 1. The van der Waals surface area contributed by atoms with E-state index in [1.807, 2.05) is 42.7 Å². The highest BCUT2D eigenvalue weighted by Crippen LogP contribution is 2.40. The molecule has 2 aliphatic heterocycles. The summed E-state index contributed by atoms with van der Waals surface area (Å²) >= 11 is 0. The number of hydrogen-bond donors (Lipinski definition) is 2. The number of nitrogens with one attached hydrogen (secondary N) is 1. The van der Waals surface area contributed by atoms with Crippen LogP contribution in [0.4, 0.5) is 0 Å². The van der Waals surface area contributed by atoms with Gasteiger partial charge in [0.25, 0.3) is 5.91 Å². The fourth-order valence-electron chi connectivity index (χ4n) is 4.74. The molecule has 0 saturated carbocycles. The largest absolute Gasteiger partial charge is 0.454 e. The number of carbonyl (C=O) groups excluding carboxylic acids is 2. The highest BCUT2D eigenvalue weighted by Gasteiger charge is 2.35. The fraction of sp³-hybridized carbons (Fsp3) is 0.280. The summed E-state index contributed by atoms with van der Waals surface area (Å²) in [5, 5.41) is 18.8. The predicted octanol–water partition coefficient (Wildman–Crippen LogP) is 2.55. The van der Waals surface area contributed by atoms with Crippen molar-refractivity contribution in [1.82, 2.24) is 20.1 Å². The van der Waals surface area contributed by atoms with Crippen molar-refractivity contribution in [3.8, 4) is 17.5 Å². The number of nitrogens with zero attached hydrogens (tertiary/aromatic N) is 5. The van der Waals surface area contributed by atoms with E-state index < -0.39 is 0 Å². The first-order valence-corrected chi connectivity index (χ1v) is 11.2. The summed E-state index contributed by atoms with van der Waals surface area (Å²) in [6, 6.07) is 7.68. The normalized spacial score (nSPS) is 15.7. The van der Waals surface area contributed by atoms with Gasteiger partial charge in [0.1, 0.15) is 28.6 Å². The Balaban J connectivity index is 1.64. The van der Waals surface area contributed by atoms with Crippen LogP contribution in [0.3, 0.4) is 0 Å². The number of carbonyl (C=O) groups is 1. The van der Waals surface area contributed by atoms with Gasteiger partial charge in [0.2, 0.25) is 0 Å². The van der Waals surface area contributed by atoms with Crippen LogP contribution in [0.5, 0.6) is 0 Å². The Bertz CT molecular complexity index is 1520. The first-order valence-electron chi connectivity index (χ1n) is 11.2. The third kappa shape index (κ3) is 3.50. The van der Waals surface area contributed by atoms with Crippen molar-refractivity contribution in [2.45, 2.75) is 32.7 Å². The van der Waals surface area contributed by atoms with Crippen LogP contribution in [0.15, 0.2) is 39.9 Å². The van der Waals surface area contributed by atoms with Gasteiger partial charge >= 0.3 is 0 Å². The van der Waals surface area contributed by atoms with Gasteiger partial charge in [-0.05, 0) is 38.8 Å². The summed E-state index contributed by atoms with van der Waals surface area (Å²) in [5.41, 5.74) is 13.2. The molecule has 0 bridgehead atoms. The zero-order chi connectivity index (χ0) is 24.9. The molecule has 1 aromatic carbocycles. The Hall–Kier alpha value is -4.61. The summed E-state index contributed by atoms with van der Waals surface area (Å²) < 4.78 is 8.14. The number of benzene rings is 1. The van der Waals surface area contributed by atoms with Gasteiger partial charge in [-0.1, -0.05) is 18.2 Å². The fourth-order valence-corrected chi connectivity index (χ4v) is 4.74. The third-order valence-corrected chi connectivity index (χ3v) is 6.59. The van der Waals surface area contributed by atoms with Crippen molar-refractivity contribution in [3.05, 3.63) is 52.7 Å². The van der Waals surface area contributed by atoms with Crippen molar-refractivity contribution in [2.24, 2.45) is 10.8 Å². The van der Waals surface area contributed by atoms with Gasteiger partial charge in [-0.2, -0.15) is 15.5 Å². The Morgan fingerprint density at radius 2 is 2.06 bits per heavy atom. The molecule has 2 aliphatic rings. The molecule has 0 spiro atoms. The SMILES string of the molecule is C=C(C#N)C(=O)N1CCC(n2nc3c(c2-c2oc4ccc(C)cc4c2C)C(N)=NNC3=C=O)CC1. The molecule has 1 saturated heterocycles. The Morgan fingerprint density at radius 3 is 2.74 bits per heavy atom. The molecule has 10 heteroatoms. The number of aromatic nitrogens is 2. The second-order valence-corrected chi connectivity index (χ2v) is 8.77. The average molecular weight is 470 g/mol. The molecule has 176 valence electrons. The van der Waals surface area contributed by atoms with Crippen LogP contribution in [0.1, 0.15) is 41.3 Å². The average Bonchev–Trinajstić information content (AvgIpc) is 3.42. The lowest BCUT2D eigenvalue weighted by molar-refractivity contribution is -0.127. The first kappa shape index (κ1) is 22.2. The number of rotatable bonds is 3. The number of fused-ring (bicyclic) bond motifs is 2. The first-order chi connectivity index (χ1) is 16.8. The van der Waals surface area contributed by atoms with E-state index >= 15 is 0 Å². The third-order valence-electron chi connectivity index (χ3n) is 6.59. The van der Waals surface area contributed by atoms with Crippen LogP contribution < -0.4 is 11.2 Å². The molecule has 2 aromatic heterocycles. The van der Waals surface area contributed by atoms with E-state index in [9.17, 15) is 9.59 Å². The summed E-state index contributed by atoms with van der Waals surface area (Å²) in [5.74, 6) is 2.29. The van der Waals surface area contributed by atoms with Crippen molar-refractivity contribution < 1.29 is 14.0 Å². The maximum absolute atomic E-state index is 12.4. The van der Waals surface area contributed by atoms with Crippen molar-refractivity contribution in [3.63, 3.8) is 0 Å². The minimum absolute atomic E-state index is 0.0808. The van der Waals surface area contributed by atoms with Gasteiger partial charge < -0.3 is 15.1 Å². The minimum atomic E-state index is -0.360. The second kappa shape index (κ2) is 8.31. The number of nitrogens with two attached hydrogens (primary N) is 1. The van der Waals surface area contributed by atoms with Gasteiger partial charge in [-0.3, -0.25) is 14.9 Å². The lowest BCUT2D eigenvalue weighted by Gasteiger charge is -2.32. The van der Waals surface area contributed by atoms with Crippen LogP contribution in [0, 0.1) is 25.2 Å². The van der Waals surface area contributed by atoms with Crippen LogP contribution in [-0.2, 0) is 9.59 Å². The molecule has 5 rings (SSSR count). The summed E-state index contributed by atoms with van der Waals surface area (Å²) in [6.07, 6.45) is 1.17. The van der Waals surface area contributed by atoms with Gasteiger partial charge in [0, 0.05) is 24.0 Å². The molecule has 1 amide bonds. The number of piperidine rings is 1. The molecule has 0 unspecified atom stereocenters. The molecule has 0 radical (unpaired) electrons. The molecule has 35 heavy (non-hydrogen) atoms. The number of hydrazone groups is 1. The molecule has 4 heterocycles. The van der Waals surface area contributed by atoms with Crippen LogP contribution >= 0.6 is 0 Å². The number of nitriles is 1. The molecule has 3 aromatic rings. The van der Waals surface area contributed by atoms with Gasteiger partial charge in [0.15, 0.2) is 23.2 Å². The number of amides is 1. The topological polar surface area (TPSA) is 143 Å². The van der Waals surface area contributed by atoms with E-state index in [2.05, 4.69) is 23.2 Å². The lowest BCUT2D eigenvalue weighted by atomic mass is 10.0. The van der Waals surface area contributed by atoms with E-state index in [0.717, 1.165) is 22.1 Å². The number of aryl methyl sites for hydroxylation is 2. The van der Waals surface area contributed by atoms with Crippen LogP contribution in [0.25, 0.3) is 28.1 Å². The predicted molar refractivity (Wildman–Crippen MR) is 129 cm³/mol. The second-order valence-electron chi connectivity index (χ2n) is 8.77. The molecular weight excluding hydrogens is 446 g/mol. The minimum Gasteiger partial charge on any atom is -0.454 e. The quantitative estimate of drug-likeness (QED) is 0.341. The zero-order valence-corrected chi connectivity index (χ0v) is 19.4. The van der Waals surface area contributed by atoms with Gasteiger partial charge in [0.05, 0.1) is 11.6 Å². The van der Waals surface area contributed by atoms with Gasteiger partial charge in [-0.25, -0.2) is 4.79 Å². The highest BCUT2D eigenvalue weighted by atomic mass is 16.3. The number of amidine groups is 1. The molecule has 3 N–H and O–H groups in total.